The van der Waals surface area contributed by atoms with Crippen molar-refractivity contribution in [2.75, 3.05) is 33.9 Å². The zero-order valence-electron chi connectivity index (χ0n) is 16.7. The number of rotatable bonds is 11. The Labute approximate surface area is 189 Å². The summed E-state index contributed by atoms with van der Waals surface area (Å²) in [7, 11) is -0.326. The lowest BCUT2D eigenvalue weighted by atomic mass is 10.2. The van der Waals surface area contributed by atoms with Crippen LogP contribution in [0.25, 0.3) is 0 Å². The monoisotopic (exact) mass is 536 g/mol. The van der Waals surface area contributed by atoms with Crippen molar-refractivity contribution in [1.82, 2.24) is 25.1 Å². The van der Waals surface area contributed by atoms with Gasteiger partial charge >= 0.3 is 0 Å². The summed E-state index contributed by atoms with van der Waals surface area (Å²) in [5.41, 5.74) is 0.842. The fourth-order valence-electron chi connectivity index (χ4n) is 2.47. The molecule has 2 aromatic rings. The average Bonchev–Trinajstić information content (AvgIpc) is 3.21. The molecule has 0 bridgehead atoms. The predicted octanol–water partition coefficient (Wildman–Crippen LogP) is 1.18. The number of sulfonamides is 1. The van der Waals surface area contributed by atoms with Crippen molar-refractivity contribution in [2.45, 2.75) is 24.4 Å². The minimum absolute atomic E-state index is 0. The highest BCUT2D eigenvalue weighted by atomic mass is 127. The van der Waals surface area contributed by atoms with E-state index >= 15 is 0 Å². The van der Waals surface area contributed by atoms with Gasteiger partial charge in [-0.1, -0.05) is 12.1 Å². The van der Waals surface area contributed by atoms with E-state index in [0.29, 0.717) is 19.1 Å². The molecule has 1 aromatic heterocycles. The van der Waals surface area contributed by atoms with E-state index in [4.69, 9.17) is 4.74 Å². The Morgan fingerprint density at radius 1 is 1.24 bits per heavy atom. The maximum atomic E-state index is 12.3. The molecule has 0 aliphatic rings. The standard InChI is InChI=1S/C18H28N6O3S.HI/c1-19-18(20-8-4-11-24-12-5-9-22-24)21-15-16-6-3-7-17(14-16)28(25,26)23-10-13-27-2;/h3,5-7,9,12,14,23H,4,8,10-11,13,15H2,1-2H3,(H2,19,20,21);1H. The van der Waals surface area contributed by atoms with E-state index in [2.05, 4.69) is 25.4 Å². The van der Waals surface area contributed by atoms with Crippen molar-refractivity contribution < 1.29 is 13.2 Å². The number of guanidine groups is 1. The minimum atomic E-state index is -3.55. The average molecular weight is 536 g/mol. The molecule has 0 saturated carbocycles. The van der Waals surface area contributed by atoms with Gasteiger partial charge in [-0.25, -0.2) is 13.1 Å². The molecule has 0 spiro atoms. The van der Waals surface area contributed by atoms with E-state index in [1.165, 1.54) is 7.11 Å². The van der Waals surface area contributed by atoms with Crippen LogP contribution in [-0.4, -0.2) is 58.0 Å². The summed E-state index contributed by atoms with van der Waals surface area (Å²) in [6.45, 7) is 2.59. The van der Waals surface area contributed by atoms with Gasteiger partial charge < -0.3 is 15.4 Å². The van der Waals surface area contributed by atoms with Crippen LogP contribution in [0.5, 0.6) is 0 Å². The van der Waals surface area contributed by atoms with Crippen molar-refractivity contribution in [1.29, 1.82) is 0 Å². The Morgan fingerprint density at radius 3 is 2.76 bits per heavy atom. The predicted molar refractivity (Wildman–Crippen MR) is 124 cm³/mol. The van der Waals surface area contributed by atoms with Crippen molar-refractivity contribution in [3.05, 3.63) is 48.3 Å². The molecule has 0 aliphatic carbocycles. The van der Waals surface area contributed by atoms with E-state index in [9.17, 15) is 8.42 Å². The molecule has 11 heteroatoms. The third-order valence-corrected chi connectivity index (χ3v) is 5.36. The molecule has 0 amide bonds. The summed E-state index contributed by atoms with van der Waals surface area (Å²) in [6, 6.07) is 8.71. The molecule has 162 valence electrons. The first-order valence-corrected chi connectivity index (χ1v) is 10.5. The largest absolute Gasteiger partial charge is 0.383 e. The Bertz CT molecular complexity index is 843. The van der Waals surface area contributed by atoms with Crippen molar-refractivity contribution >= 4 is 40.0 Å². The van der Waals surface area contributed by atoms with E-state index in [0.717, 1.165) is 25.1 Å². The number of hydrogen-bond donors (Lipinski definition) is 3. The summed E-state index contributed by atoms with van der Waals surface area (Å²) in [5, 5.41) is 10.6. The number of benzene rings is 1. The van der Waals surface area contributed by atoms with Crippen LogP contribution in [0.2, 0.25) is 0 Å². The Balaban J connectivity index is 0.00000420. The molecule has 29 heavy (non-hydrogen) atoms. The van der Waals surface area contributed by atoms with Gasteiger partial charge in [0.05, 0.1) is 11.5 Å². The zero-order chi connectivity index (χ0) is 20.2. The van der Waals surface area contributed by atoms with Gasteiger partial charge in [0.25, 0.3) is 0 Å². The molecule has 1 heterocycles. The fourth-order valence-corrected chi connectivity index (χ4v) is 3.55. The number of methoxy groups -OCH3 is 1. The molecule has 0 unspecified atom stereocenters. The first-order chi connectivity index (χ1) is 13.5. The van der Waals surface area contributed by atoms with Crippen molar-refractivity contribution in [3.8, 4) is 0 Å². The van der Waals surface area contributed by atoms with E-state index in [1.807, 2.05) is 23.0 Å². The van der Waals surface area contributed by atoms with Crippen LogP contribution in [0.15, 0.2) is 52.6 Å². The van der Waals surface area contributed by atoms with Gasteiger partial charge in [0.2, 0.25) is 10.0 Å². The third kappa shape index (κ3) is 9.10. The quantitative estimate of drug-likeness (QED) is 0.172. The lowest BCUT2D eigenvalue weighted by Gasteiger charge is -2.13. The van der Waals surface area contributed by atoms with Gasteiger partial charge in [-0.15, -0.1) is 24.0 Å². The van der Waals surface area contributed by atoms with Gasteiger partial charge in [0, 0.05) is 52.7 Å². The smallest absolute Gasteiger partial charge is 0.240 e. The van der Waals surface area contributed by atoms with Gasteiger partial charge in [-0.3, -0.25) is 9.67 Å². The second kappa shape index (κ2) is 13.5. The third-order valence-electron chi connectivity index (χ3n) is 3.91. The van der Waals surface area contributed by atoms with Gasteiger partial charge in [0.1, 0.15) is 0 Å². The van der Waals surface area contributed by atoms with E-state index in [1.54, 1.807) is 31.4 Å². The highest BCUT2D eigenvalue weighted by Crippen LogP contribution is 2.11. The normalized spacial score (nSPS) is 11.7. The van der Waals surface area contributed by atoms with Crippen LogP contribution in [-0.2, 0) is 27.8 Å². The minimum Gasteiger partial charge on any atom is -0.383 e. The molecular formula is C18H29IN6O3S. The summed E-state index contributed by atoms with van der Waals surface area (Å²) in [6.07, 6.45) is 4.59. The second-order valence-corrected chi connectivity index (χ2v) is 7.78. The number of hydrogen-bond acceptors (Lipinski definition) is 5. The number of nitrogens with zero attached hydrogens (tertiary/aromatic N) is 3. The zero-order valence-corrected chi connectivity index (χ0v) is 19.8. The fraction of sp³-hybridized carbons (Fsp3) is 0.444. The molecule has 1 aromatic carbocycles. The van der Waals surface area contributed by atoms with Crippen molar-refractivity contribution in [3.63, 3.8) is 0 Å². The number of aromatic nitrogens is 2. The maximum absolute atomic E-state index is 12.3. The van der Waals surface area contributed by atoms with Crippen LogP contribution in [0.4, 0.5) is 0 Å². The second-order valence-electron chi connectivity index (χ2n) is 6.01. The topological polar surface area (TPSA) is 110 Å². The molecule has 9 nitrogen and oxygen atoms in total. The van der Waals surface area contributed by atoms with Crippen LogP contribution >= 0.6 is 24.0 Å². The van der Waals surface area contributed by atoms with Gasteiger partial charge in [0.15, 0.2) is 5.96 Å². The van der Waals surface area contributed by atoms with Crippen LogP contribution in [0.1, 0.15) is 12.0 Å². The summed E-state index contributed by atoms with van der Waals surface area (Å²) < 4.78 is 33.9. The SMILES string of the molecule is CN=C(NCCCn1cccn1)NCc1cccc(S(=O)(=O)NCCOC)c1.I. The number of aliphatic imine (C=N–C) groups is 1. The molecule has 0 saturated heterocycles. The van der Waals surface area contributed by atoms with Crippen LogP contribution < -0.4 is 15.4 Å². The number of halogens is 1. The summed E-state index contributed by atoms with van der Waals surface area (Å²) in [5.74, 6) is 0.659. The molecule has 0 radical (unpaired) electrons. The number of ether oxygens (including phenoxy) is 1. The van der Waals surface area contributed by atoms with Gasteiger partial charge in [-0.2, -0.15) is 5.10 Å². The van der Waals surface area contributed by atoms with E-state index < -0.39 is 10.0 Å². The summed E-state index contributed by atoms with van der Waals surface area (Å²) in [4.78, 5) is 4.41. The Morgan fingerprint density at radius 2 is 2.07 bits per heavy atom. The molecular weight excluding hydrogens is 507 g/mol. The molecule has 0 atom stereocenters. The molecule has 2 rings (SSSR count). The maximum Gasteiger partial charge on any atom is 0.240 e. The lowest BCUT2D eigenvalue weighted by molar-refractivity contribution is 0.204. The molecule has 0 aliphatic heterocycles. The highest BCUT2D eigenvalue weighted by Gasteiger charge is 2.13. The number of nitrogens with one attached hydrogen (secondary N) is 3. The summed E-state index contributed by atoms with van der Waals surface area (Å²) >= 11 is 0. The first-order valence-electron chi connectivity index (χ1n) is 9.04. The van der Waals surface area contributed by atoms with Crippen LogP contribution in [0.3, 0.4) is 0 Å². The Kier molecular flexibility index (Phi) is 11.8. The number of aryl methyl sites for hydroxylation is 1. The first kappa shape index (κ1) is 25.3. The van der Waals surface area contributed by atoms with Gasteiger partial charge in [-0.05, 0) is 30.2 Å². The lowest BCUT2D eigenvalue weighted by Crippen LogP contribution is -2.37. The Hall–Kier alpha value is -1.70. The van der Waals surface area contributed by atoms with E-state index in [-0.39, 0.29) is 35.4 Å². The molecule has 3 N–H and O–H groups in total. The van der Waals surface area contributed by atoms with Crippen molar-refractivity contribution in [2.24, 2.45) is 4.99 Å². The highest BCUT2D eigenvalue weighted by molar-refractivity contribution is 14.0. The molecule has 0 fully saturated rings. The van der Waals surface area contributed by atoms with Crippen LogP contribution in [0, 0.1) is 0 Å².